The molecule has 0 fully saturated rings. The number of fused-ring (bicyclic) bond motifs is 1. The van der Waals surface area contributed by atoms with Crippen LogP contribution in [0.1, 0.15) is 56.1 Å². The van der Waals surface area contributed by atoms with E-state index in [9.17, 15) is 19.1 Å². The zero-order valence-electron chi connectivity index (χ0n) is 22.3. The zero-order valence-corrected chi connectivity index (χ0v) is 23.1. The van der Waals surface area contributed by atoms with Crippen molar-refractivity contribution < 1.29 is 19.1 Å². The molecule has 5 nitrogen and oxygen atoms in total. The minimum atomic E-state index is -0.955. The molecule has 1 heterocycles. The van der Waals surface area contributed by atoms with Crippen LogP contribution in [-0.2, 0) is 6.54 Å². The molecule has 0 aliphatic carbocycles. The molecule has 0 aliphatic heterocycles. The van der Waals surface area contributed by atoms with E-state index in [0.29, 0.717) is 23.2 Å². The third-order valence-electron chi connectivity index (χ3n) is 7.46. The van der Waals surface area contributed by atoms with Crippen molar-refractivity contribution in [3.8, 4) is 11.1 Å². The van der Waals surface area contributed by atoms with Crippen molar-refractivity contribution in [1.82, 2.24) is 9.88 Å². The van der Waals surface area contributed by atoms with E-state index in [4.69, 9.17) is 11.6 Å². The lowest BCUT2D eigenvalue weighted by Gasteiger charge is -2.16. The van der Waals surface area contributed by atoms with Gasteiger partial charge in [0, 0.05) is 34.3 Å². The molecule has 40 heavy (non-hydrogen) atoms. The van der Waals surface area contributed by atoms with Gasteiger partial charge in [-0.15, -0.1) is 0 Å². The van der Waals surface area contributed by atoms with Gasteiger partial charge in [0.15, 0.2) is 0 Å². The molecular weight excluding hydrogens is 527 g/mol. The van der Waals surface area contributed by atoms with Gasteiger partial charge in [0.1, 0.15) is 5.82 Å². The summed E-state index contributed by atoms with van der Waals surface area (Å²) in [6, 6.07) is 24.6. The predicted molar refractivity (Wildman–Crippen MR) is 157 cm³/mol. The van der Waals surface area contributed by atoms with Crippen LogP contribution >= 0.6 is 11.6 Å². The Kier molecular flexibility index (Phi) is 7.46. The van der Waals surface area contributed by atoms with Crippen LogP contribution in [0.3, 0.4) is 0 Å². The number of rotatable bonds is 7. The van der Waals surface area contributed by atoms with Crippen molar-refractivity contribution in [1.29, 1.82) is 0 Å². The molecule has 5 aromatic rings. The number of hydrogen-bond donors (Lipinski definition) is 2. The molecule has 0 radical (unpaired) electrons. The third kappa shape index (κ3) is 5.10. The van der Waals surface area contributed by atoms with E-state index in [1.807, 2.05) is 55.5 Å². The molecule has 1 amide bonds. The number of halogens is 2. The fraction of sp³-hybridized carbons (Fsp3) is 0.152. The fourth-order valence-electron chi connectivity index (χ4n) is 5.10. The number of carboxylic acid groups (broad SMARTS) is 1. The SMILES string of the molecule is Cc1c(C)n(Cc2ccc(-c3ccccc3C(=O)O)cc2)c2ccc(C(=O)N[C@@H](C)c3cccc(Cl)c3F)cc12. The van der Waals surface area contributed by atoms with E-state index in [1.165, 1.54) is 6.07 Å². The summed E-state index contributed by atoms with van der Waals surface area (Å²) in [5, 5.41) is 13.4. The summed E-state index contributed by atoms with van der Waals surface area (Å²) in [5.74, 6) is -1.78. The maximum Gasteiger partial charge on any atom is 0.336 e. The molecular formula is C33H28ClFN2O3. The maximum absolute atomic E-state index is 14.4. The Balaban J connectivity index is 1.39. The smallest absolute Gasteiger partial charge is 0.336 e. The lowest BCUT2D eigenvalue weighted by Crippen LogP contribution is -2.27. The van der Waals surface area contributed by atoms with Crippen molar-refractivity contribution in [2.24, 2.45) is 0 Å². The van der Waals surface area contributed by atoms with Gasteiger partial charge in [-0.05, 0) is 73.4 Å². The van der Waals surface area contributed by atoms with Crippen LogP contribution in [0.25, 0.3) is 22.0 Å². The number of aryl methyl sites for hydroxylation is 1. The molecule has 1 aromatic heterocycles. The highest BCUT2D eigenvalue weighted by atomic mass is 35.5. The quantitative estimate of drug-likeness (QED) is 0.214. The number of nitrogens with one attached hydrogen (secondary N) is 1. The van der Waals surface area contributed by atoms with Crippen molar-refractivity contribution in [2.75, 3.05) is 0 Å². The van der Waals surface area contributed by atoms with Gasteiger partial charge in [0.2, 0.25) is 0 Å². The van der Waals surface area contributed by atoms with Gasteiger partial charge in [-0.3, -0.25) is 4.79 Å². The molecule has 0 spiro atoms. The summed E-state index contributed by atoms with van der Waals surface area (Å²) < 4.78 is 16.6. The number of amides is 1. The molecule has 7 heteroatoms. The first kappa shape index (κ1) is 27.2. The molecule has 0 bridgehead atoms. The van der Waals surface area contributed by atoms with Crippen LogP contribution in [-0.4, -0.2) is 21.6 Å². The van der Waals surface area contributed by atoms with Gasteiger partial charge in [0.05, 0.1) is 16.6 Å². The van der Waals surface area contributed by atoms with Gasteiger partial charge in [-0.2, -0.15) is 0 Å². The number of hydrogen-bond acceptors (Lipinski definition) is 2. The highest BCUT2D eigenvalue weighted by Gasteiger charge is 2.19. The first-order valence-electron chi connectivity index (χ1n) is 12.9. The molecule has 4 aromatic carbocycles. The summed E-state index contributed by atoms with van der Waals surface area (Å²) in [6.45, 7) is 6.43. The highest BCUT2D eigenvalue weighted by molar-refractivity contribution is 6.30. The van der Waals surface area contributed by atoms with E-state index in [1.54, 1.807) is 37.3 Å². The van der Waals surface area contributed by atoms with Crippen LogP contribution in [0.15, 0.2) is 84.9 Å². The first-order chi connectivity index (χ1) is 19.2. The van der Waals surface area contributed by atoms with E-state index in [-0.39, 0.29) is 16.5 Å². The van der Waals surface area contributed by atoms with Gasteiger partial charge in [0.25, 0.3) is 5.91 Å². The topological polar surface area (TPSA) is 71.3 Å². The largest absolute Gasteiger partial charge is 0.478 e. The number of benzene rings is 4. The molecule has 0 saturated carbocycles. The fourth-order valence-corrected chi connectivity index (χ4v) is 5.28. The number of carboxylic acids is 1. The Morgan fingerprint density at radius 2 is 1.70 bits per heavy atom. The van der Waals surface area contributed by atoms with Crippen LogP contribution in [0.4, 0.5) is 4.39 Å². The Morgan fingerprint density at radius 3 is 2.42 bits per heavy atom. The Bertz CT molecular complexity index is 1760. The summed E-state index contributed by atoms with van der Waals surface area (Å²) in [5.41, 5.74) is 6.84. The van der Waals surface area contributed by atoms with Crippen LogP contribution in [0, 0.1) is 19.7 Å². The van der Waals surface area contributed by atoms with Crippen molar-refractivity contribution >= 4 is 34.4 Å². The summed E-state index contributed by atoms with van der Waals surface area (Å²) in [7, 11) is 0. The lowest BCUT2D eigenvalue weighted by atomic mass is 9.99. The average molecular weight is 555 g/mol. The van der Waals surface area contributed by atoms with Crippen molar-refractivity contribution in [3.05, 3.63) is 129 Å². The third-order valence-corrected chi connectivity index (χ3v) is 7.75. The van der Waals surface area contributed by atoms with Crippen molar-refractivity contribution in [3.63, 3.8) is 0 Å². The van der Waals surface area contributed by atoms with Crippen LogP contribution in [0.2, 0.25) is 5.02 Å². The summed E-state index contributed by atoms with van der Waals surface area (Å²) in [4.78, 5) is 24.7. The van der Waals surface area contributed by atoms with Gasteiger partial charge < -0.3 is 15.0 Å². The zero-order chi connectivity index (χ0) is 28.6. The minimum absolute atomic E-state index is 0.0205. The number of aromatic carboxylic acids is 1. The lowest BCUT2D eigenvalue weighted by molar-refractivity contribution is 0.0697. The van der Waals surface area contributed by atoms with Crippen LogP contribution < -0.4 is 5.32 Å². The summed E-state index contributed by atoms with van der Waals surface area (Å²) in [6.07, 6.45) is 0. The van der Waals surface area contributed by atoms with E-state index < -0.39 is 17.8 Å². The molecule has 0 saturated heterocycles. The van der Waals surface area contributed by atoms with E-state index in [0.717, 1.165) is 33.3 Å². The predicted octanol–water partition coefficient (Wildman–Crippen LogP) is 7.96. The van der Waals surface area contributed by atoms with E-state index in [2.05, 4.69) is 16.8 Å². The second-order valence-corrected chi connectivity index (χ2v) is 10.3. The standard InChI is InChI=1S/C33H28ClFN2O3/c1-19-21(3)37(18-22-11-13-23(14-12-22)26-7-4-5-8-27(26)33(39)40)30-16-15-24(17-28(19)30)32(38)36-20(2)25-9-6-10-29(34)31(25)35/h4-17,20H,18H2,1-3H3,(H,36,38)(H,39,40)/t20-/m0/s1. The molecule has 0 unspecified atom stereocenters. The normalized spacial score (nSPS) is 11.9. The van der Waals surface area contributed by atoms with Gasteiger partial charge in [-0.1, -0.05) is 66.2 Å². The van der Waals surface area contributed by atoms with Crippen molar-refractivity contribution in [2.45, 2.75) is 33.4 Å². The average Bonchev–Trinajstić information content (AvgIpc) is 3.19. The first-order valence-corrected chi connectivity index (χ1v) is 13.3. The Morgan fingerprint density at radius 1 is 0.975 bits per heavy atom. The Labute approximate surface area is 236 Å². The van der Waals surface area contributed by atoms with Gasteiger partial charge in [-0.25, -0.2) is 9.18 Å². The van der Waals surface area contributed by atoms with Gasteiger partial charge >= 0.3 is 5.97 Å². The summed E-state index contributed by atoms with van der Waals surface area (Å²) >= 11 is 5.91. The molecule has 2 N–H and O–H groups in total. The molecule has 0 aliphatic rings. The number of nitrogens with zero attached hydrogens (tertiary/aromatic N) is 1. The number of carbonyl (C=O) groups is 2. The number of carbonyl (C=O) groups excluding carboxylic acids is 1. The minimum Gasteiger partial charge on any atom is -0.478 e. The molecule has 202 valence electrons. The second kappa shape index (κ2) is 11.0. The highest BCUT2D eigenvalue weighted by Crippen LogP contribution is 2.29. The molecule has 1 atom stereocenters. The number of aromatic nitrogens is 1. The Hall–Kier alpha value is -4.42. The van der Waals surface area contributed by atoms with E-state index >= 15 is 0 Å². The van der Waals surface area contributed by atoms with Crippen LogP contribution in [0.5, 0.6) is 0 Å². The monoisotopic (exact) mass is 554 g/mol. The molecule has 5 rings (SSSR count). The second-order valence-electron chi connectivity index (χ2n) is 9.91. The maximum atomic E-state index is 14.4.